The third-order valence-corrected chi connectivity index (χ3v) is 7.87. The zero-order valence-electron chi connectivity index (χ0n) is 20.9. The molecule has 0 fully saturated rings. The maximum atomic E-state index is 13.8. The van der Waals surface area contributed by atoms with E-state index in [0.29, 0.717) is 34.4 Å². The van der Waals surface area contributed by atoms with Crippen LogP contribution in [0.3, 0.4) is 0 Å². The summed E-state index contributed by atoms with van der Waals surface area (Å²) in [5, 5.41) is 14.5. The van der Waals surface area contributed by atoms with E-state index in [2.05, 4.69) is 22.1 Å². The number of hydrogen-bond donors (Lipinski definition) is 3. The average molecular weight is 538 g/mol. The number of fused-ring (bicyclic) bond motifs is 1. The van der Waals surface area contributed by atoms with E-state index in [0.717, 1.165) is 17.7 Å². The Morgan fingerprint density at radius 1 is 0.974 bits per heavy atom. The van der Waals surface area contributed by atoms with E-state index >= 15 is 0 Å². The molecule has 0 radical (unpaired) electrons. The molecule has 0 saturated carbocycles. The largest absolute Gasteiger partial charge is 0.494 e. The first kappa shape index (κ1) is 25.9. The zero-order chi connectivity index (χ0) is 27.4. The summed E-state index contributed by atoms with van der Waals surface area (Å²) in [5.74, 6) is 5.13. The number of aromatic nitrogens is 1. The lowest BCUT2D eigenvalue weighted by atomic mass is 10.00. The van der Waals surface area contributed by atoms with Crippen molar-refractivity contribution in [1.29, 1.82) is 0 Å². The van der Waals surface area contributed by atoms with Crippen LogP contribution in [0.5, 0.6) is 5.88 Å². The number of hydrogen-bond acceptors (Lipinski definition) is 5. The normalized spacial score (nSPS) is 11.8. The van der Waals surface area contributed by atoms with Gasteiger partial charge in [0.25, 0.3) is 0 Å². The van der Waals surface area contributed by atoms with E-state index in [1.807, 2.05) is 60.7 Å². The van der Waals surface area contributed by atoms with Crippen LogP contribution < -0.4 is 5.32 Å². The van der Waals surface area contributed by atoms with Crippen LogP contribution in [0.25, 0.3) is 10.9 Å². The van der Waals surface area contributed by atoms with Crippen LogP contribution >= 0.6 is 0 Å². The number of para-hydroxylation sites is 1. The number of aromatic hydroxyl groups is 1. The molecule has 0 atom stereocenters. The first-order valence-electron chi connectivity index (χ1n) is 12.1. The van der Waals surface area contributed by atoms with Gasteiger partial charge in [-0.3, -0.25) is 0 Å². The molecule has 0 aliphatic heterocycles. The summed E-state index contributed by atoms with van der Waals surface area (Å²) in [6, 6.07) is 26.4. The van der Waals surface area contributed by atoms with E-state index in [9.17, 15) is 17.9 Å². The number of aromatic amines is 1. The molecule has 8 heteroatoms. The number of benzene rings is 4. The standard InChI is InChI=1S/C31H24FN3O3S/c1-33-18-8-11-22-19-27-26(20-28(22)39(37,38)25-16-14-23(32)15-17-25)29(31(36)35-27)30(21-9-4-2-5-10-21)34-24-12-6-3-7-13-24/h2-7,9-10,12-17,19-20,33,35-36H,18H2,1H3. The van der Waals surface area contributed by atoms with Gasteiger partial charge in [-0.25, -0.2) is 17.8 Å². The van der Waals surface area contributed by atoms with E-state index in [1.165, 1.54) is 18.2 Å². The quantitative estimate of drug-likeness (QED) is 0.150. The molecule has 1 aromatic heterocycles. The molecular formula is C31H24FN3O3S. The number of aliphatic imine (C=N–C) groups is 1. The Morgan fingerprint density at radius 2 is 1.64 bits per heavy atom. The zero-order valence-corrected chi connectivity index (χ0v) is 21.8. The summed E-state index contributed by atoms with van der Waals surface area (Å²) in [4.78, 5) is 7.68. The van der Waals surface area contributed by atoms with Gasteiger partial charge in [-0.2, -0.15) is 0 Å². The van der Waals surface area contributed by atoms with Crippen molar-refractivity contribution in [3.63, 3.8) is 0 Å². The molecule has 194 valence electrons. The molecule has 0 saturated heterocycles. The molecule has 0 unspecified atom stereocenters. The van der Waals surface area contributed by atoms with Gasteiger partial charge >= 0.3 is 0 Å². The van der Waals surface area contributed by atoms with Crippen LogP contribution in [0.1, 0.15) is 16.7 Å². The Kier molecular flexibility index (Phi) is 7.28. The summed E-state index contributed by atoms with van der Waals surface area (Å²) in [6.07, 6.45) is 0. The number of H-pyrrole nitrogens is 1. The van der Waals surface area contributed by atoms with Gasteiger partial charge in [0.15, 0.2) is 5.88 Å². The smallest absolute Gasteiger partial charge is 0.207 e. The maximum Gasteiger partial charge on any atom is 0.207 e. The molecule has 1 heterocycles. The van der Waals surface area contributed by atoms with Crippen molar-refractivity contribution < 1.29 is 17.9 Å². The van der Waals surface area contributed by atoms with Gasteiger partial charge in [0.05, 0.1) is 38.8 Å². The molecule has 39 heavy (non-hydrogen) atoms. The minimum Gasteiger partial charge on any atom is -0.494 e. The predicted octanol–water partition coefficient (Wildman–Crippen LogP) is 5.59. The Bertz CT molecular complexity index is 1840. The monoisotopic (exact) mass is 537 g/mol. The third kappa shape index (κ3) is 5.32. The van der Waals surface area contributed by atoms with Crippen molar-refractivity contribution in [2.75, 3.05) is 13.6 Å². The molecule has 0 aliphatic rings. The highest BCUT2D eigenvalue weighted by atomic mass is 32.2. The van der Waals surface area contributed by atoms with Gasteiger partial charge in [0.2, 0.25) is 9.84 Å². The van der Waals surface area contributed by atoms with Crippen molar-refractivity contribution >= 4 is 32.1 Å². The SMILES string of the molecule is CNCC#Cc1cc2[nH]c(O)c(C(=Nc3ccccc3)c3ccccc3)c2cc1S(=O)(=O)c1ccc(F)cc1. The van der Waals surface area contributed by atoms with Crippen LogP contribution in [0, 0.1) is 17.7 Å². The molecule has 3 N–H and O–H groups in total. The number of nitrogens with zero attached hydrogens (tertiary/aromatic N) is 1. The Labute approximate surface area is 225 Å². The van der Waals surface area contributed by atoms with Gasteiger partial charge in [-0.05, 0) is 55.6 Å². The molecule has 0 aliphatic carbocycles. The fourth-order valence-electron chi connectivity index (χ4n) is 4.23. The van der Waals surface area contributed by atoms with Crippen LogP contribution in [0.2, 0.25) is 0 Å². The van der Waals surface area contributed by atoms with E-state index in [1.54, 1.807) is 13.1 Å². The number of rotatable bonds is 6. The predicted molar refractivity (Wildman–Crippen MR) is 151 cm³/mol. The van der Waals surface area contributed by atoms with Crippen molar-refractivity contribution in [1.82, 2.24) is 10.3 Å². The lowest BCUT2D eigenvalue weighted by Crippen LogP contribution is -2.07. The van der Waals surface area contributed by atoms with Crippen LogP contribution in [-0.2, 0) is 9.84 Å². The van der Waals surface area contributed by atoms with Gasteiger partial charge in [0.1, 0.15) is 5.82 Å². The first-order valence-corrected chi connectivity index (χ1v) is 13.6. The lowest BCUT2D eigenvalue weighted by molar-refractivity contribution is 0.457. The van der Waals surface area contributed by atoms with Crippen molar-refractivity contribution in [3.8, 4) is 17.7 Å². The Balaban J connectivity index is 1.80. The molecule has 0 amide bonds. The molecule has 5 aromatic rings. The molecule has 4 aromatic carbocycles. The Hall–Kier alpha value is -4.71. The highest BCUT2D eigenvalue weighted by Crippen LogP contribution is 2.36. The lowest BCUT2D eigenvalue weighted by Gasteiger charge is -2.10. The van der Waals surface area contributed by atoms with Crippen LogP contribution in [0.4, 0.5) is 10.1 Å². The van der Waals surface area contributed by atoms with E-state index in [4.69, 9.17) is 4.99 Å². The fourth-order valence-corrected chi connectivity index (χ4v) is 5.65. The minimum absolute atomic E-state index is 0.0578. The summed E-state index contributed by atoms with van der Waals surface area (Å²) in [6.45, 7) is 0.344. The summed E-state index contributed by atoms with van der Waals surface area (Å²) in [5.41, 5.74) is 2.95. The molecular weight excluding hydrogens is 513 g/mol. The van der Waals surface area contributed by atoms with Gasteiger partial charge in [-0.15, -0.1) is 0 Å². The van der Waals surface area contributed by atoms with E-state index < -0.39 is 15.7 Å². The van der Waals surface area contributed by atoms with E-state index in [-0.39, 0.29) is 21.2 Å². The number of sulfone groups is 1. The van der Waals surface area contributed by atoms with Crippen molar-refractivity contribution in [3.05, 3.63) is 120 Å². The highest BCUT2D eigenvalue weighted by Gasteiger charge is 2.26. The fraction of sp³-hybridized carbons (Fsp3) is 0.0645. The number of nitrogens with one attached hydrogen (secondary N) is 2. The van der Waals surface area contributed by atoms with Crippen molar-refractivity contribution in [2.24, 2.45) is 4.99 Å². The minimum atomic E-state index is -4.10. The highest BCUT2D eigenvalue weighted by molar-refractivity contribution is 7.91. The number of halogens is 1. The van der Waals surface area contributed by atoms with Crippen LogP contribution in [0.15, 0.2) is 112 Å². The third-order valence-electron chi connectivity index (χ3n) is 6.06. The Morgan fingerprint density at radius 3 is 2.31 bits per heavy atom. The van der Waals surface area contributed by atoms with Gasteiger partial charge in [-0.1, -0.05) is 60.4 Å². The summed E-state index contributed by atoms with van der Waals surface area (Å²) >= 11 is 0. The maximum absolute atomic E-state index is 13.8. The molecule has 5 rings (SSSR count). The first-order chi connectivity index (χ1) is 18.9. The second kappa shape index (κ2) is 11.0. The second-order valence-corrected chi connectivity index (χ2v) is 10.6. The topological polar surface area (TPSA) is 94.5 Å². The average Bonchev–Trinajstić information content (AvgIpc) is 3.27. The summed E-state index contributed by atoms with van der Waals surface area (Å²) in [7, 11) is -2.36. The molecule has 0 spiro atoms. The van der Waals surface area contributed by atoms with Crippen LogP contribution in [-0.4, -0.2) is 37.8 Å². The van der Waals surface area contributed by atoms with Gasteiger partial charge in [0, 0.05) is 16.5 Å². The second-order valence-electron chi connectivity index (χ2n) is 8.69. The molecule has 6 nitrogen and oxygen atoms in total. The molecule has 0 bridgehead atoms. The van der Waals surface area contributed by atoms with Crippen molar-refractivity contribution in [2.45, 2.75) is 9.79 Å². The summed E-state index contributed by atoms with van der Waals surface area (Å²) < 4.78 is 41.2. The van der Waals surface area contributed by atoms with Gasteiger partial charge < -0.3 is 15.4 Å².